The average molecular weight is 322 g/mol. The zero-order valence-electron chi connectivity index (χ0n) is 10.5. The van der Waals surface area contributed by atoms with Gasteiger partial charge < -0.3 is 10.1 Å². The normalized spacial score (nSPS) is 10.1. The minimum atomic E-state index is -0.510. The van der Waals surface area contributed by atoms with Gasteiger partial charge in [0.2, 0.25) is 0 Å². The lowest BCUT2D eigenvalue weighted by Crippen LogP contribution is -2.07. The van der Waals surface area contributed by atoms with Crippen LogP contribution in [0, 0.1) is 6.92 Å². The number of nitrogens with one attached hydrogen (secondary N) is 1. The molecule has 0 unspecified atom stereocenters. The monoisotopic (exact) mass is 321 g/mol. The second-order valence-electron chi connectivity index (χ2n) is 3.87. The van der Waals surface area contributed by atoms with E-state index in [1.165, 1.54) is 13.3 Å². The number of nitrogens with zero attached hydrogens (tertiary/aromatic N) is 2. The van der Waals surface area contributed by atoms with E-state index >= 15 is 0 Å². The van der Waals surface area contributed by atoms with Gasteiger partial charge in [-0.05, 0) is 30.7 Å². The standard InChI is InChI=1S/C13H12BrN3O2/c1-8-5-9(14)3-4-10(8)16-12-7-15-6-11(17-12)13(18)19-2/h3-7H,1-2H3,(H,16,17). The highest BCUT2D eigenvalue weighted by atomic mass is 79.9. The first-order chi connectivity index (χ1) is 9.10. The van der Waals surface area contributed by atoms with Crippen molar-refractivity contribution in [2.75, 3.05) is 12.4 Å². The van der Waals surface area contributed by atoms with Crippen molar-refractivity contribution in [1.29, 1.82) is 0 Å². The molecule has 1 aromatic heterocycles. The van der Waals surface area contributed by atoms with Crippen LogP contribution in [0.4, 0.5) is 11.5 Å². The van der Waals surface area contributed by atoms with E-state index in [0.717, 1.165) is 15.7 Å². The zero-order valence-corrected chi connectivity index (χ0v) is 12.1. The van der Waals surface area contributed by atoms with Gasteiger partial charge in [-0.3, -0.25) is 4.98 Å². The summed E-state index contributed by atoms with van der Waals surface area (Å²) in [5.74, 6) is -0.0167. The SMILES string of the molecule is COC(=O)c1cncc(Nc2ccc(Br)cc2C)n1. The Morgan fingerprint density at radius 2 is 2.16 bits per heavy atom. The fourth-order valence-corrected chi connectivity index (χ4v) is 2.01. The molecule has 0 aliphatic heterocycles. The van der Waals surface area contributed by atoms with Gasteiger partial charge in [0.05, 0.1) is 19.5 Å². The Labute approximate surface area is 119 Å². The van der Waals surface area contributed by atoms with Crippen LogP contribution >= 0.6 is 15.9 Å². The summed E-state index contributed by atoms with van der Waals surface area (Å²) < 4.78 is 5.61. The maximum Gasteiger partial charge on any atom is 0.358 e. The number of benzene rings is 1. The molecular weight excluding hydrogens is 310 g/mol. The zero-order chi connectivity index (χ0) is 13.8. The number of anilines is 2. The summed E-state index contributed by atoms with van der Waals surface area (Å²) in [6.07, 6.45) is 2.92. The molecule has 0 saturated heterocycles. The van der Waals surface area contributed by atoms with E-state index in [-0.39, 0.29) is 5.69 Å². The lowest BCUT2D eigenvalue weighted by Gasteiger charge is -2.09. The Morgan fingerprint density at radius 3 is 2.84 bits per heavy atom. The number of ether oxygens (including phenoxy) is 1. The van der Waals surface area contributed by atoms with Gasteiger partial charge in [-0.2, -0.15) is 0 Å². The van der Waals surface area contributed by atoms with E-state index in [9.17, 15) is 4.79 Å². The number of carbonyl (C=O) groups is 1. The number of rotatable bonds is 3. The third kappa shape index (κ3) is 3.29. The van der Waals surface area contributed by atoms with Gasteiger partial charge >= 0.3 is 5.97 Å². The molecule has 0 amide bonds. The maximum atomic E-state index is 11.4. The summed E-state index contributed by atoms with van der Waals surface area (Å²) in [4.78, 5) is 19.5. The van der Waals surface area contributed by atoms with Gasteiger partial charge in [0, 0.05) is 10.2 Å². The van der Waals surface area contributed by atoms with Gasteiger partial charge in [0.25, 0.3) is 0 Å². The Morgan fingerprint density at radius 1 is 1.37 bits per heavy atom. The van der Waals surface area contributed by atoms with Gasteiger partial charge in [-0.15, -0.1) is 0 Å². The van der Waals surface area contributed by atoms with Crippen LogP contribution in [-0.2, 0) is 4.74 Å². The van der Waals surface area contributed by atoms with Gasteiger partial charge in [-0.1, -0.05) is 15.9 Å². The van der Waals surface area contributed by atoms with Crippen molar-refractivity contribution in [3.05, 3.63) is 46.3 Å². The predicted molar refractivity (Wildman–Crippen MR) is 75.5 cm³/mol. The summed E-state index contributed by atoms with van der Waals surface area (Å²) in [6.45, 7) is 1.98. The summed E-state index contributed by atoms with van der Waals surface area (Å²) in [6, 6.07) is 5.83. The number of hydrogen-bond acceptors (Lipinski definition) is 5. The molecule has 1 N–H and O–H groups in total. The van der Waals surface area contributed by atoms with Crippen molar-refractivity contribution in [3.63, 3.8) is 0 Å². The van der Waals surface area contributed by atoms with Crippen LogP contribution in [0.15, 0.2) is 35.1 Å². The van der Waals surface area contributed by atoms with Crippen LogP contribution in [0.1, 0.15) is 16.1 Å². The average Bonchev–Trinajstić information content (AvgIpc) is 2.41. The second kappa shape index (κ2) is 5.79. The number of halogens is 1. The summed E-state index contributed by atoms with van der Waals surface area (Å²) in [5.41, 5.74) is 2.13. The molecule has 5 nitrogen and oxygen atoms in total. The molecule has 0 atom stereocenters. The van der Waals surface area contributed by atoms with Crippen LogP contribution in [0.5, 0.6) is 0 Å². The van der Waals surface area contributed by atoms with Gasteiger partial charge in [0.1, 0.15) is 5.82 Å². The highest BCUT2D eigenvalue weighted by Crippen LogP contribution is 2.22. The molecule has 2 aromatic rings. The smallest absolute Gasteiger partial charge is 0.358 e. The molecule has 0 saturated carbocycles. The molecule has 0 bridgehead atoms. The Bertz CT molecular complexity index is 617. The van der Waals surface area contributed by atoms with Crippen LogP contribution in [-0.4, -0.2) is 23.0 Å². The molecule has 0 aliphatic rings. The molecule has 98 valence electrons. The van der Waals surface area contributed by atoms with Crippen LogP contribution in [0.2, 0.25) is 0 Å². The highest BCUT2D eigenvalue weighted by molar-refractivity contribution is 9.10. The minimum Gasteiger partial charge on any atom is -0.464 e. The molecule has 1 heterocycles. The largest absolute Gasteiger partial charge is 0.464 e. The molecule has 1 aromatic carbocycles. The predicted octanol–water partition coefficient (Wildman–Crippen LogP) is 3.08. The highest BCUT2D eigenvalue weighted by Gasteiger charge is 2.09. The first-order valence-corrected chi connectivity index (χ1v) is 6.33. The summed E-state index contributed by atoms with van der Waals surface area (Å²) >= 11 is 3.40. The Balaban J connectivity index is 2.26. The van der Waals surface area contributed by atoms with E-state index in [1.54, 1.807) is 6.20 Å². The number of carbonyl (C=O) groups excluding carboxylic acids is 1. The second-order valence-corrected chi connectivity index (χ2v) is 4.78. The topological polar surface area (TPSA) is 64.1 Å². The summed E-state index contributed by atoms with van der Waals surface area (Å²) in [5, 5.41) is 3.12. The number of aromatic nitrogens is 2. The number of esters is 1. The van der Waals surface area contributed by atoms with Crippen molar-refractivity contribution in [2.45, 2.75) is 6.92 Å². The number of aryl methyl sites for hydroxylation is 1. The number of methoxy groups -OCH3 is 1. The number of hydrogen-bond donors (Lipinski definition) is 1. The molecule has 2 rings (SSSR count). The third-order valence-corrected chi connectivity index (χ3v) is 2.97. The Kier molecular flexibility index (Phi) is 4.11. The van der Waals surface area contributed by atoms with Crippen LogP contribution in [0.25, 0.3) is 0 Å². The van der Waals surface area contributed by atoms with E-state index < -0.39 is 5.97 Å². The molecule has 0 radical (unpaired) electrons. The van der Waals surface area contributed by atoms with Crippen molar-refractivity contribution >= 4 is 33.4 Å². The van der Waals surface area contributed by atoms with Gasteiger partial charge in [-0.25, -0.2) is 9.78 Å². The minimum absolute atomic E-state index is 0.169. The fourth-order valence-electron chi connectivity index (χ4n) is 1.53. The van der Waals surface area contributed by atoms with Crippen LogP contribution < -0.4 is 5.32 Å². The molecule has 0 fully saturated rings. The van der Waals surface area contributed by atoms with Gasteiger partial charge in [0.15, 0.2) is 5.69 Å². The molecule has 0 aliphatic carbocycles. The lowest BCUT2D eigenvalue weighted by molar-refractivity contribution is 0.0593. The summed E-state index contributed by atoms with van der Waals surface area (Å²) in [7, 11) is 1.31. The first kappa shape index (κ1) is 13.5. The van der Waals surface area contributed by atoms with E-state index in [4.69, 9.17) is 0 Å². The van der Waals surface area contributed by atoms with Crippen molar-refractivity contribution in [3.8, 4) is 0 Å². The van der Waals surface area contributed by atoms with Crippen molar-refractivity contribution < 1.29 is 9.53 Å². The molecule has 19 heavy (non-hydrogen) atoms. The molecule has 0 spiro atoms. The van der Waals surface area contributed by atoms with E-state index in [2.05, 4.69) is 36.0 Å². The quantitative estimate of drug-likeness (QED) is 0.880. The van der Waals surface area contributed by atoms with Crippen LogP contribution in [0.3, 0.4) is 0 Å². The van der Waals surface area contributed by atoms with E-state index in [0.29, 0.717) is 5.82 Å². The third-order valence-electron chi connectivity index (χ3n) is 2.48. The van der Waals surface area contributed by atoms with Crippen molar-refractivity contribution in [2.24, 2.45) is 0 Å². The maximum absolute atomic E-state index is 11.4. The fraction of sp³-hybridized carbons (Fsp3) is 0.154. The van der Waals surface area contributed by atoms with E-state index in [1.807, 2.05) is 25.1 Å². The Hall–Kier alpha value is -1.95. The van der Waals surface area contributed by atoms with Crippen molar-refractivity contribution in [1.82, 2.24) is 9.97 Å². The molecular formula is C13H12BrN3O2. The first-order valence-electron chi connectivity index (χ1n) is 5.53. The molecule has 6 heteroatoms. The lowest BCUT2D eigenvalue weighted by atomic mass is 10.2.